The molecule has 0 heterocycles. The molecule has 0 aliphatic heterocycles. The van der Waals surface area contributed by atoms with Crippen LogP contribution in [0.4, 0.5) is 10.5 Å². The molecule has 6 nitrogen and oxygen atoms in total. The van der Waals surface area contributed by atoms with Gasteiger partial charge in [-0.25, -0.2) is 18.4 Å². The summed E-state index contributed by atoms with van der Waals surface area (Å²) in [5.41, 5.74) is 0.452. The summed E-state index contributed by atoms with van der Waals surface area (Å²) in [6.45, 7) is 2.43. The van der Waals surface area contributed by atoms with Crippen molar-refractivity contribution in [3.05, 3.63) is 24.3 Å². The standard InChI is InChI=1S/C12H18N2O4S/c1-2-3-4-9-18-12(15)14-10-5-7-11(8-6-10)19(13,16)17/h5-8H,2-4,9H2,1H3,(H,14,15)(H2,13,16,17). The largest absolute Gasteiger partial charge is 0.449 e. The van der Waals surface area contributed by atoms with Crippen LogP contribution in [0.25, 0.3) is 0 Å². The molecule has 106 valence electrons. The molecule has 0 aliphatic carbocycles. The molecule has 3 N–H and O–H groups in total. The highest BCUT2D eigenvalue weighted by Gasteiger charge is 2.08. The van der Waals surface area contributed by atoms with Gasteiger partial charge in [0.1, 0.15) is 0 Å². The summed E-state index contributed by atoms with van der Waals surface area (Å²) in [5.74, 6) is 0. The maximum absolute atomic E-state index is 11.4. The highest BCUT2D eigenvalue weighted by Crippen LogP contribution is 2.12. The van der Waals surface area contributed by atoms with Gasteiger partial charge in [-0.15, -0.1) is 0 Å². The minimum absolute atomic E-state index is 0.00522. The van der Waals surface area contributed by atoms with E-state index in [9.17, 15) is 13.2 Å². The molecular formula is C12H18N2O4S. The van der Waals surface area contributed by atoms with E-state index in [2.05, 4.69) is 12.2 Å². The van der Waals surface area contributed by atoms with Gasteiger partial charge in [0.2, 0.25) is 10.0 Å². The lowest BCUT2D eigenvalue weighted by Crippen LogP contribution is -2.15. The van der Waals surface area contributed by atoms with Crippen molar-refractivity contribution in [2.45, 2.75) is 31.1 Å². The Balaban J connectivity index is 2.47. The van der Waals surface area contributed by atoms with Crippen LogP contribution >= 0.6 is 0 Å². The van der Waals surface area contributed by atoms with Crippen LogP contribution < -0.4 is 10.5 Å². The molecule has 19 heavy (non-hydrogen) atoms. The third-order valence-corrected chi connectivity index (χ3v) is 3.34. The zero-order chi connectivity index (χ0) is 14.3. The van der Waals surface area contributed by atoms with Crippen LogP contribution in [-0.4, -0.2) is 21.1 Å². The monoisotopic (exact) mass is 286 g/mol. The first-order valence-corrected chi connectivity index (χ1v) is 7.54. The van der Waals surface area contributed by atoms with Gasteiger partial charge >= 0.3 is 6.09 Å². The lowest BCUT2D eigenvalue weighted by molar-refractivity contribution is 0.159. The van der Waals surface area contributed by atoms with Crippen molar-refractivity contribution >= 4 is 21.8 Å². The second kappa shape index (κ2) is 7.10. The fourth-order valence-corrected chi connectivity index (χ4v) is 1.91. The number of unbranched alkanes of at least 4 members (excludes halogenated alkanes) is 2. The number of benzene rings is 1. The third kappa shape index (κ3) is 5.71. The lowest BCUT2D eigenvalue weighted by Gasteiger charge is -2.07. The summed E-state index contributed by atoms with van der Waals surface area (Å²) in [7, 11) is -3.71. The number of nitrogens with two attached hydrogens (primary N) is 1. The van der Waals surface area contributed by atoms with Gasteiger partial charge in [0.05, 0.1) is 11.5 Å². The van der Waals surface area contributed by atoms with Crippen LogP contribution in [0, 0.1) is 0 Å². The van der Waals surface area contributed by atoms with Gasteiger partial charge in [-0.2, -0.15) is 0 Å². The van der Waals surface area contributed by atoms with Crippen molar-refractivity contribution in [1.82, 2.24) is 0 Å². The Bertz CT molecular complexity index is 511. The zero-order valence-corrected chi connectivity index (χ0v) is 11.6. The molecule has 0 spiro atoms. The lowest BCUT2D eigenvalue weighted by atomic mass is 10.3. The average Bonchev–Trinajstić information content (AvgIpc) is 2.34. The summed E-state index contributed by atoms with van der Waals surface area (Å²) >= 11 is 0. The van der Waals surface area contributed by atoms with Crippen LogP contribution in [0.3, 0.4) is 0 Å². The molecule has 0 saturated heterocycles. The van der Waals surface area contributed by atoms with E-state index < -0.39 is 16.1 Å². The maximum atomic E-state index is 11.4. The Morgan fingerprint density at radius 1 is 1.26 bits per heavy atom. The van der Waals surface area contributed by atoms with E-state index in [0.29, 0.717) is 12.3 Å². The van der Waals surface area contributed by atoms with Crippen LogP contribution in [0.15, 0.2) is 29.2 Å². The van der Waals surface area contributed by atoms with E-state index in [-0.39, 0.29) is 4.90 Å². The number of rotatable bonds is 6. The zero-order valence-electron chi connectivity index (χ0n) is 10.8. The summed E-state index contributed by atoms with van der Waals surface area (Å²) in [6, 6.07) is 5.55. The molecule has 0 bridgehead atoms. The number of hydrogen-bond acceptors (Lipinski definition) is 4. The van der Waals surface area contributed by atoms with Crippen LogP contribution in [-0.2, 0) is 14.8 Å². The Morgan fingerprint density at radius 2 is 1.89 bits per heavy atom. The van der Waals surface area contributed by atoms with Crippen molar-refractivity contribution in [3.63, 3.8) is 0 Å². The molecule has 0 radical (unpaired) electrons. The molecule has 7 heteroatoms. The number of amides is 1. The number of hydrogen-bond donors (Lipinski definition) is 2. The van der Waals surface area contributed by atoms with E-state index in [1.807, 2.05) is 0 Å². The highest BCUT2D eigenvalue weighted by atomic mass is 32.2. The predicted molar refractivity (Wildman–Crippen MR) is 72.3 cm³/mol. The van der Waals surface area contributed by atoms with Crippen molar-refractivity contribution in [2.24, 2.45) is 5.14 Å². The Hall–Kier alpha value is -1.60. The van der Waals surface area contributed by atoms with E-state index in [0.717, 1.165) is 19.3 Å². The topological polar surface area (TPSA) is 98.5 Å². The smallest absolute Gasteiger partial charge is 0.411 e. The number of carbonyl (C=O) groups excluding carboxylic acids is 1. The van der Waals surface area contributed by atoms with E-state index in [1.54, 1.807) is 0 Å². The van der Waals surface area contributed by atoms with Gasteiger partial charge in [0.25, 0.3) is 0 Å². The van der Waals surface area contributed by atoms with Gasteiger partial charge in [0, 0.05) is 5.69 Å². The van der Waals surface area contributed by atoms with E-state index >= 15 is 0 Å². The molecule has 1 aromatic carbocycles. The molecule has 0 unspecified atom stereocenters. The number of sulfonamides is 1. The SMILES string of the molecule is CCCCCOC(=O)Nc1ccc(S(N)(=O)=O)cc1. The highest BCUT2D eigenvalue weighted by molar-refractivity contribution is 7.89. The average molecular weight is 286 g/mol. The van der Waals surface area contributed by atoms with Crippen LogP contribution in [0.2, 0.25) is 0 Å². The second-order valence-electron chi connectivity index (χ2n) is 4.04. The number of ether oxygens (including phenoxy) is 1. The molecule has 0 aromatic heterocycles. The number of carbonyl (C=O) groups is 1. The van der Waals surface area contributed by atoms with E-state index in [4.69, 9.17) is 9.88 Å². The maximum Gasteiger partial charge on any atom is 0.411 e. The van der Waals surface area contributed by atoms with Gasteiger partial charge in [-0.1, -0.05) is 19.8 Å². The van der Waals surface area contributed by atoms with Gasteiger partial charge in [0.15, 0.2) is 0 Å². The van der Waals surface area contributed by atoms with Crippen molar-refractivity contribution in [1.29, 1.82) is 0 Å². The van der Waals surface area contributed by atoms with Crippen molar-refractivity contribution in [2.75, 3.05) is 11.9 Å². The first-order valence-electron chi connectivity index (χ1n) is 6.00. The number of anilines is 1. The summed E-state index contributed by atoms with van der Waals surface area (Å²) in [4.78, 5) is 11.4. The van der Waals surface area contributed by atoms with Gasteiger partial charge < -0.3 is 4.74 Å². The predicted octanol–water partition coefficient (Wildman–Crippen LogP) is 2.07. The summed E-state index contributed by atoms with van der Waals surface area (Å²) in [6.07, 6.45) is 2.34. The molecule has 0 fully saturated rings. The fourth-order valence-electron chi connectivity index (χ4n) is 1.40. The summed E-state index contributed by atoms with van der Waals surface area (Å²) < 4.78 is 27.0. The number of primary sulfonamides is 1. The van der Waals surface area contributed by atoms with Crippen LogP contribution in [0.1, 0.15) is 26.2 Å². The first kappa shape index (κ1) is 15.5. The molecule has 1 aromatic rings. The summed E-state index contributed by atoms with van der Waals surface area (Å²) in [5, 5.41) is 7.46. The normalized spacial score (nSPS) is 11.1. The fraction of sp³-hybridized carbons (Fsp3) is 0.417. The first-order chi connectivity index (χ1) is 8.93. The van der Waals surface area contributed by atoms with E-state index in [1.165, 1.54) is 24.3 Å². The minimum Gasteiger partial charge on any atom is -0.449 e. The third-order valence-electron chi connectivity index (χ3n) is 2.41. The molecule has 0 saturated carbocycles. The minimum atomic E-state index is -3.71. The molecule has 1 amide bonds. The Kier molecular flexibility index (Phi) is 5.78. The van der Waals surface area contributed by atoms with Crippen molar-refractivity contribution in [3.8, 4) is 0 Å². The Morgan fingerprint density at radius 3 is 2.42 bits per heavy atom. The van der Waals surface area contributed by atoms with Gasteiger partial charge in [-0.05, 0) is 30.7 Å². The molecular weight excluding hydrogens is 268 g/mol. The second-order valence-corrected chi connectivity index (χ2v) is 5.60. The molecule has 0 atom stereocenters. The molecule has 1 rings (SSSR count). The quantitative estimate of drug-likeness (QED) is 0.782. The van der Waals surface area contributed by atoms with Crippen molar-refractivity contribution < 1.29 is 17.9 Å². The number of nitrogens with one attached hydrogen (secondary N) is 1. The van der Waals surface area contributed by atoms with Gasteiger partial charge in [-0.3, -0.25) is 5.32 Å². The molecule has 0 aliphatic rings. The van der Waals surface area contributed by atoms with Crippen LogP contribution in [0.5, 0.6) is 0 Å². The Labute approximate surface area is 113 Å².